The van der Waals surface area contributed by atoms with Gasteiger partial charge in [-0.2, -0.15) is 0 Å². The minimum Gasteiger partial charge on any atom is -0.338 e. The number of piperazine rings is 1. The lowest BCUT2D eigenvalue weighted by Crippen LogP contribution is -2.62. The molecular formula is C15H11Cl7N2O2. The van der Waals surface area contributed by atoms with Gasteiger partial charge in [0.05, 0.1) is 25.7 Å². The Hall–Kier alpha value is 0.350. The van der Waals surface area contributed by atoms with Crippen LogP contribution in [-0.4, -0.2) is 64.5 Å². The van der Waals surface area contributed by atoms with Gasteiger partial charge in [0.25, 0.3) is 5.91 Å². The van der Waals surface area contributed by atoms with Gasteiger partial charge in [0.1, 0.15) is 9.91 Å². The minimum absolute atomic E-state index is 0.229. The van der Waals surface area contributed by atoms with Crippen molar-refractivity contribution in [2.24, 2.45) is 0 Å². The van der Waals surface area contributed by atoms with Crippen molar-refractivity contribution in [3.8, 4) is 0 Å². The lowest BCUT2D eigenvalue weighted by molar-refractivity contribution is -0.134. The van der Waals surface area contributed by atoms with Crippen molar-refractivity contribution < 1.29 is 9.59 Å². The van der Waals surface area contributed by atoms with Gasteiger partial charge in [-0.05, 0) is 7.05 Å². The van der Waals surface area contributed by atoms with Crippen molar-refractivity contribution in [3.63, 3.8) is 0 Å². The first-order chi connectivity index (χ1) is 12.0. The Morgan fingerprint density at radius 2 is 1.42 bits per heavy atom. The van der Waals surface area contributed by atoms with E-state index in [1.54, 1.807) is 0 Å². The van der Waals surface area contributed by atoms with Crippen LogP contribution < -0.4 is 0 Å². The van der Waals surface area contributed by atoms with Crippen LogP contribution in [0.25, 0.3) is 0 Å². The average molecular weight is 499 g/mol. The van der Waals surface area contributed by atoms with E-state index in [9.17, 15) is 9.59 Å². The second-order valence-electron chi connectivity index (χ2n) is 6.19. The zero-order valence-corrected chi connectivity index (χ0v) is 18.5. The van der Waals surface area contributed by atoms with Crippen molar-refractivity contribution in [2.45, 2.75) is 9.75 Å². The van der Waals surface area contributed by atoms with Crippen LogP contribution in [-0.2, 0) is 9.59 Å². The van der Waals surface area contributed by atoms with Gasteiger partial charge in [-0.3, -0.25) is 9.59 Å². The third-order valence-corrected chi connectivity index (χ3v) is 8.67. The van der Waals surface area contributed by atoms with Crippen LogP contribution in [0, 0.1) is 0 Å². The maximum absolute atomic E-state index is 13.4. The number of carbonyl (C=O) groups excluding carboxylic acids is 2. The van der Waals surface area contributed by atoms with E-state index in [4.69, 9.17) is 81.2 Å². The Morgan fingerprint density at radius 3 is 1.96 bits per heavy atom. The van der Waals surface area contributed by atoms with E-state index in [1.165, 1.54) is 4.90 Å². The van der Waals surface area contributed by atoms with Gasteiger partial charge in [-0.15, -0.1) is 11.6 Å². The summed E-state index contributed by atoms with van der Waals surface area (Å²) in [7, 11) is 1.93. The quantitative estimate of drug-likeness (QED) is 0.509. The van der Waals surface area contributed by atoms with E-state index in [2.05, 4.69) is 4.90 Å². The number of allylic oxidation sites excluding steroid dienone is 5. The summed E-state index contributed by atoms with van der Waals surface area (Å²) in [5, 5.41) is -1.44. The van der Waals surface area contributed by atoms with E-state index >= 15 is 0 Å². The molecule has 0 bridgehead atoms. The number of hydrogen-bond donors (Lipinski definition) is 0. The molecule has 2 atom stereocenters. The standard InChI is InChI=1S/C15H11Cl7N2O2/c1-23-2-4-24(5-3-23)13(26)15(22)11(19)8(17)7(16)6-10(25)9(18)12(20)14(6,15)21/h2-5H2,1H3/t14-,15-/m0/s1. The molecule has 0 radical (unpaired) electrons. The van der Waals surface area contributed by atoms with Gasteiger partial charge in [0.2, 0.25) is 5.78 Å². The number of hydrogen-bond acceptors (Lipinski definition) is 3. The number of halogens is 7. The van der Waals surface area contributed by atoms with Gasteiger partial charge in [0, 0.05) is 26.2 Å². The number of fused-ring (bicyclic) bond motifs is 1. The van der Waals surface area contributed by atoms with E-state index in [1.807, 2.05) is 7.05 Å². The van der Waals surface area contributed by atoms with Gasteiger partial charge >= 0.3 is 0 Å². The molecule has 3 rings (SSSR count). The molecule has 1 saturated heterocycles. The number of nitrogens with zero attached hydrogens (tertiary/aromatic N) is 2. The molecule has 0 saturated carbocycles. The first kappa shape index (κ1) is 21.1. The SMILES string of the molecule is CN1CCN(C(=O)[C@@]2(Cl)C(Cl)=C(Cl)C(Cl)=C3C(=O)C(Cl)=C(Cl)[C@@]32Cl)CC1. The van der Waals surface area contributed by atoms with Crippen LogP contribution in [0.3, 0.4) is 0 Å². The van der Waals surface area contributed by atoms with Crippen molar-refractivity contribution in [1.82, 2.24) is 9.80 Å². The Labute approximate surface area is 185 Å². The Kier molecular flexibility index (Phi) is 5.67. The van der Waals surface area contributed by atoms with Crippen LogP contribution in [0.2, 0.25) is 0 Å². The molecule has 3 aliphatic rings. The molecule has 0 spiro atoms. The zero-order valence-electron chi connectivity index (χ0n) is 13.2. The normalized spacial score (nSPS) is 33.4. The summed E-state index contributed by atoms with van der Waals surface area (Å²) in [6.45, 7) is 2.06. The maximum Gasteiger partial charge on any atom is 0.251 e. The number of rotatable bonds is 1. The molecule has 142 valence electrons. The molecule has 0 aromatic rings. The van der Waals surface area contributed by atoms with Crippen LogP contribution in [0.4, 0.5) is 0 Å². The summed E-state index contributed by atoms with van der Waals surface area (Å²) in [5.74, 6) is -1.36. The number of amides is 1. The van der Waals surface area contributed by atoms with Gasteiger partial charge in [0.15, 0.2) is 4.87 Å². The second kappa shape index (κ2) is 7.00. The minimum atomic E-state index is -2.15. The summed E-state index contributed by atoms with van der Waals surface area (Å²) < 4.78 is 0. The Bertz CT molecular complexity index is 813. The fourth-order valence-corrected chi connectivity index (χ4v) is 5.76. The highest BCUT2D eigenvalue weighted by Gasteiger charge is 2.69. The predicted octanol–water partition coefficient (Wildman–Crippen LogP) is 4.18. The topological polar surface area (TPSA) is 40.6 Å². The van der Waals surface area contributed by atoms with Crippen LogP contribution in [0.15, 0.2) is 30.7 Å². The van der Waals surface area contributed by atoms with Crippen LogP contribution in [0.1, 0.15) is 0 Å². The molecule has 0 aromatic carbocycles. The first-order valence-corrected chi connectivity index (χ1v) is 10.1. The summed E-state index contributed by atoms with van der Waals surface area (Å²) in [6, 6.07) is 0. The molecule has 0 unspecified atom stereocenters. The third kappa shape index (κ3) is 2.61. The molecule has 1 fully saturated rings. The van der Waals surface area contributed by atoms with Gasteiger partial charge < -0.3 is 9.80 Å². The largest absolute Gasteiger partial charge is 0.338 e. The van der Waals surface area contributed by atoms with E-state index in [-0.39, 0.29) is 30.7 Å². The summed E-state index contributed by atoms with van der Waals surface area (Å²) >= 11 is 44.4. The lowest BCUT2D eigenvalue weighted by atomic mass is 9.80. The molecule has 2 aliphatic carbocycles. The summed E-state index contributed by atoms with van der Waals surface area (Å²) in [4.78, 5) is 25.3. The Morgan fingerprint density at radius 1 is 0.885 bits per heavy atom. The van der Waals surface area contributed by atoms with Crippen molar-refractivity contribution in [3.05, 3.63) is 30.7 Å². The number of ketones is 1. The number of carbonyl (C=O) groups is 2. The molecule has 1 amide bonds. The molecule has 1 aliphatic heterocycles. The number of Topliss-reactive ketones (excluding diaryl/α,β-unsaturated/α-hetero) is 1. The second-order valence-corrected chi connectivity index (χ2v) is 9.21. The molecule has 4 nitrogen and oxygen atoms in total. The lowest BCUT2D eigenvalue weighted by Gasteiger charge is -2.45. The molecule has 26 heavy (non-hydrogen) atoms. The highest BCUT2D eigenvalue weighted by atomic mass is 35.5. The van der Waals surface area contributed by atoms with E-state index in [0.717, 1.165) is 0 Å². The molecule has 1 heterocycles. The van der Waals surface area contributed by atoms with Crippen molar-refractivity contribution in [2.75, 3.05) is 33.2 Å². The Balaban J connectivity index is 2.19. The molecule has 11 heteroatoms. The monoisotopic (exact) mass is 496 g/mol. The van der Waals surface area contributed by atoms with E-state index < -0.39 is 21.4 Å². The predicted molar refractivity (Wildman–Crippen MR) is 107 cm³/mol. The number of alkyl halides is 2. The summed E-state index contributed by atoms with van der Waals surface area (Å²) in [5.41, 5.74) is -0.247. The van der Waals surface area contributed by atoms with Gasteiger partial charge in [-0.25, -0.2) is 0 Å². The molecular weight excluding hydrogens is 488 g/mol. The van der Waals surface area contributed by atoms with Crippen LogP contribution >= 0.6 is 81.2 Å². The first-order valence-electron chi connectivity index (χ1n) is 7.42. The smallest absolute Gasteiger partial charge is 0.251 e. The molecule has 0 aromatic heterocycles. The molecule has 0 N–H and O–H groups in total. The van der Waals surface area contributed by atoms with E-state index in [0.29, 0.717) is 26.2 Å². The van der Waals surface area contributed by atoms with Crippen LogP contribution in [0.5, 0.6) is 0 Å². The average Bonchev–Trinajstić information content (AvgIpc) is 2.80. The fraction of sp³-hybridized carbons (Fsp3) is 0.467. The fourth-order valence-electron chi connectivity index (χ4n) is 3.18. The zero-order chi connectivity index (χ0) is 19.6. The number of likely N-dealkylation sites (N-methyl/N-ethyl adjacent to an activating group) is 1. The van der Waals surface area contributed by atoms with Gasteiger partial charge in [-0.1, -0.05) is 69.6 Å². The van der Waals surface area contributed by atoms with Crippen molar-refractivity contribution in [1.29, 1.82) is 0 Å². The summed E-state index contributed by atoms with van der Waals surface area (Å²) in [6.07, 6.45) is 0. The van der Waals surface area contributed by atoms with Crippen molar-refractivity contribution >= 4 is 92.9 Å². The maximum atomic E-state index is 13.4. The highest BCUT2D eigenvalue weighted by Crippen LogP contribution is 2.63. The third-order valence-electron chi connectivity index (χ3n) is 4.73. The highest BCUT2D eigenvalue weighted by molar-refractivity contribution is 6.66.